The van der Waals surface area contributed by atoms with E-state index in [9.17, 15) is 4.79 Å². The van der Waals surface area contributed by atoms with E-state index in [1.165, 1.54) is 5.57 Å². The van der Waals surface area contributed by atoms with Gasteiger partial charge < -0.3 is 4.79 Å². The van der Waals surface area contributed by atoms with Crippen LogP contribution in [0.2, 0.25) is 0 Å². The Morgan fingerprint density at radius 2 is 2.36 bits per heavy atom. The van der Waals surface area contributed by atoms with Crippen molar-refractivity contribution in [3.8, 4) is 0 Å². The second-order valence-electron chi connectivity index (χ2n) is 4.13. The lowest BCUT2D eigenvalue weighted by atomic mass is 9.69. The standard InChI is InChI=1S/C13H18O/c1-4-5-7-13(10-14)8-6-11(2)9-12(13)3/h4-5,7,9-10,12H,1,6,8H2,2-3H3/b7-5+/t12-,13+/m0/s1. The van der Waals surface area contributed by atoms with Crippen LogP contribution in [0.3, 0.4) is 0 Å². The van der Waals surface area contributed by atoms with E-state index >= 15 is 0 Å². The molecule has 0 saturated carbocycles. The molecule has 0 aliphatic heterocycles. The van der Waals surface area contributed by atoms with E-state index < -0.39 is 0 Å². The normalized spacial score (nSPS) is 32.7. The van der Waals surface area contributed by atoms with Crippen LogP contribution in [0.15, 0.2) is 36.5 Å². The summed E-state index contributed by atoms with van der Waals surface area (Å²) in [4.78, 5) is 11.2. The molecular weight excluding hydrogens is 172 g/mol. The Labute approximate surface area is 86.2 Å². The fourth-order valence-corrected chi connectivity index (χ4v) is 1.99. The van der Waals surface area contributed by atoms with E-state index in [4.69, 9.17) is 0 Å². The van der Waals surface area contributed by atoms with Crippen LogP contribution < -0.4 is 0 Å². The number of allylic oxidation sites excluding steroid dienone is 5. The van der Waals surface area contributed by atoms with E-state index in [-0.39, 0.29) is 5.41 Å². The first-order chi connectivity index (χ1) is 6.64. The monoisotopic (exact) mass is 190 g/mol. The SMILES string of the molecule is C=C/C=C/[C@]1(C=O)CCC(C)=C[C@@H]1C. The molecule has 0 radical (unpaired) electrons. The van der Waals surface area contributed by atoms with Crippen molar-refractivity contribution in [2.75, 3.05) is 0 Å². The number of carbonyl (C=O) groups excluding carboxylic acids is 1. The van der Waals surface area contributed by atoms with Gasteiger partial charge in [-0.3, -0.25) is 0 Å². The maximum Gasteiger partial charge on any atom is 0.130 e. The van der Waals surface area contributed by atoms with Gasteiger partial charge in [-0.05, 0) is 25.7 Å². The molecule has 0 amide bonds. The molecule has 0 fully saturated rings. The number of hydrogen-bond donors (Lipinski definition) is 0. The van der Waals surface area contributed by atoms with Gasteiger partial charge in [0.25, 0.3) is 0 Å². The molecule has 1 nitrogen and oxygen atoms in total. The zero-order chi connectivity index (χ0) is 10.6. The minimum absolute atomic E-state index is 0.296. The summed E-state index contributed by atoms with van der Waals surface area (Å²) in [5.74, 6) is 0.296. The molecule has 1 aliphatic rings. The van der Waals surface area contributed by atoms with Crippen molar-refractivity contribution in [1.82, 2.24) is 0 Å². The largest absolute Gasteiger partial charge is 0.302 e. The van der Waals surface area contributed by atoms with Gasteiger partial charge in [-0.1, -0.05) is 43.4 Å². The van der Waals surface area contributed by atoms with Gasteiger partial charge in [0.1, 0.15) is 6.29 Å². The Morgan fingerprint density at radius 3 is 2.86 bits per heavy atom. The molecule has 1 rings (SSSR count). The van der Waals surface area contributed by atoms with Gasteiger partial charge >= 0.3 is 0 Å². The van der Waals surface area contributed by atoms with Crippen molar-refractivity contribution in [1.29, 1.82) is 0 Å². The molecule has 0 N–H and O–H groups in total. The van der Waals surface area contributed by atoms with Crippen LogP contribution in [0.5, 0.6) is 0 Å². The summed E-state index contributed by atoms with van der Waals surface area (Å²) in [6.45, 7) is 7.86. The first kappa shape index (κ1) is 11.0. The number of hydrogen-bond acceptors (Lipinski definition) is 1. The highest BCUT2D eigenvalue weighted by Gasteiger charge is 2.34. The second kappa shape index (κ2) is 4.41. The lowest BCUT2D eigenvalue weighted by Crippen LogP contribution is -2.30. The van der Waals surface area contributed by atoms with E-state index in [1.807, 2.05) is 12.2 Å². The zero-order valence-corrected chi connectivity index (χ0v) is 8.99. The molecule has 76 valence electrons. The zero-order valence-electron chi connectivity index (χ0n) is 8.99. The molecule has 0 aromatic rings. The molecular formula is C13H18O. The number of aldehydes is 1. The summed E-state index contributed by atoms with van der Waals surface area (Å²) in [7, 11) is 0. The fourth-order valence-electron chi connectivity index (χ4n) is 1.99. The van der Waals surface area contributed by atoms with Gasteiger partial charge in [0, 0.05) is 0 Å². The van der Waals surface area contributed by atoms with Gasteiger partial charge in [0.05, 0.1) is 5.41 Å². The predicted molar refractivity (Wildman–Crippen MR) is 60.0 cm³/mol. The summed E-state index contributed by atoms with van der Waals surface area (Å²) in [6, 6.07) is 0. The van der Waals surface area contributed by atoms with Gasteiger partial charge in [0.2, 0.25) is 0 Å². The maximum absolute atomic E-state index is 11.2. The van der Waals surface area contributed by atoms with E-state index in [2.05, 4.69) is 26.5 Å². The molecule has 0 heterocycles. The van der Waals surface area contributed by atoms with Crippen molar-refractivity contribution in [2.24, 2.45) is 11.3 Å². The highest BCUT2D eigenvalue weighted by atomic mass is 16.1. The summed E-state index contributed by atoms with van der Waals surface area (Å²) in [5.41, 5.74) is 1.09. The Kier molecular flexibility index (Phi) is 3.45. The Morgan fingerprint density at radius 1 is 1.64 bits per heavy atom. The Balaban J connectivity index is 2.95. The third-order valence-corrected chi connectivity index (χ3v) is 3.10. The summed E-state index contributed by atoms with van der Waals surface area (Å²) in [5, 5.41) is 0. The third kappa shape index (κ3) is 2.03. The molecule has 0 aromatic carbocycles. The van der Waals surface area contributed by atoms with Crippen molar-refractivity contribution in [3.63, 3.8) is 0 Å². The molecule has 0 spiro atoms. The third-order valence-electron chi connectivity index (χ3n) is 3.10. The van der Waals surface area contributed by atoms with Crippen LogP contribution in [0.25, 0.3) is 0 Å². The highest BCUT2D eigenvalue weighted by molar-refractivity contribution is 5.64. The second-order valence-corrected chi connectivity index (χ2v) is 4.13. The minimum Gasteiger partial charge on any atom is -0.302 e. The molecule has 0 unspecified atom stereocenters. The first-order valence-corrected chi connectivity index (χ1v) is 5.08. The number of rotatable bonds is 3. The average molecular weight is 190 g/mol. The molecule has 14 heavy (non-hydrogen) atoms. The van der Waals surface area contributed by atoms with E-state index in [0.29, 0.717) is 5.92 Å². The summed E-state index contributed by atoms with van der Waals surface area (Å²) < 4.78 is 0. The minimum atomic E-state index is -0.298. The highest BCUT2D eigenvalue weighted by Crippen LogP contribution is 2.39. The van der Waals surface area contributed by atoms with Crippen molar-refractivity contribution >= 4 is 6.29 Å². The van der Waals surface area contributed by atoms with Crippen LogP contribution in [-0.4, -0.2) is 6.29 Å². The van der Waals surface area contributed by atoms with Crippen LogP contribution in [0.1, 0.15) is 26.7 Å². The average Bonchev–Trinajstić information content (AvgIpc) is 2.18. The van der Waals surface area contributed by atoms with Gasteiger partial charge in [-0.15, -0.1) is 0 Å². The topological polar surface area (TPSA) is 17.1 Å². The van der Waals surface area contributed by atoms with Crippen LogP contribution >= 0.6 is 0 Å². The molecule has 0 aromatic heterocycles. The molecule has 1 heteroatoms. The maximum atomic E-state index is 11.2. The van der Waals surface area contributed by atoms with Crippen molar-refractivity contribution < 1.29 is 4.79 Å². The van der Waals surface area contributed by atoms with E-state index in [1.54, 1.807) is 6.08 Å². The van der Waals surface area contributed by atoms with E-state index in [0.717, 1.165) is 19.1 Å². The smallest absolute Gasteiger partial charge is 0.130 e. The Bertz CT molecular complexity index is 286. The molecule has 2 atom stereocenters. The van der Waals surface area contributed by atoms with Gasteiger partial charge in [-0.25, -0.2) is 0 Å². The van der Waals surface area contributed by atoms with Crippen molar-refractivity contribution in [2.45, 2.75) is 26.7 Å². The van der Waals surface area contributed by atoms with Crippen LogP contribution in [-0.2, 0) is 4.79 Å². The van der Waals surface area contributed by atoms with Gasteiger partial charge in [-0.2, -0.15) is 0 Å². The van der Waals surface area contributed by atoms with Crippen LogP contribution in [0, 0.1) is 11.3 Å². The lowest BCUT2D eigenvalue weighted by Gasteiger charge is -2.33. The predicted octanol–water partition coefficient (Wildman–Crippen LogP) is 3.29. The summed E-state index contributed by atoms with van der Waals surface area (Å²) >= 11 is 0. The molecule has 1 aliphatic carbocycles. The lowest BCUT2D eigenvalue weighted by molar-refractivity contribution is -0.115. The Hall–Kier alpha value is -1.11. The first-order valence-electron chi connectivity index (χ1n) is 5.08. The fraction of sp³-hybridized carbons (Fsp3) is 0.462. The summed E-state index contributed by atoms with van der Waals surface area (Å²) in [6.07, 6.45) is 10.8. The number of carbonyl (C=O) groups is 1. The molecule has 0 saturated heterocycles. The van der Waals surface area contributed by atoms with Crippen LogP contribution in [0.4, 0.5) is 0 Å². The van der Waals surface area contributed by atoms with Gasteiger partial charge in [0.15, 0.2) is 0 Å². The molecule has 0 bridgehead atoms. The van der Waals surface area contributed by atoms with Crippen molar-refractivity contribution in [3.05, 3.63) is 36.5 Å². The quantitative estimate of drug-likeness (QED) is 0.379.